The molecule has 1 heterocycles. The van der Waals surface area contributed by atoms with Gasteiger partial charge in [-0.25, -0.2) is 4.98 Å². The number of hydrogen-bond acceptors (Lipinski definition) is 2. The molecule has 0 unspecified atom stereocenters. The van der Waals surface area contributed by atoms with E-state index in [1.807, 2.05) is 24.3 Å². The van der Waals surface area contributed by atoms with Crippen molar-refractivity contribution in [3.63, 3.8) is 0 Å². The Hall–Kier alpha value is -1.88. The molecule has 2 heteroatoms. The third-order valence-electron chi connectivity index (χ3n) is 1.65. The van der Waals surface area contributed by atoms with Gasteiger partial charge in [0.15, 0.2) is 0 Å². The summed E-state index contributed by atoms with van der Waals surface area (Å²) in [6.07, 6.45) is 0. The van der Waals surface area contributed by atoms with Gasteiger partial charge in [0.2, 0.25) is 0 Å². The first kappa shape index (κ1) is 6.81. The van der Waals surface area contributed by atoms with Crippen LogP contribution in [0.5, 0.6) is 0 Å². The molecule has 0 atom stereocenters. The Labute approximate surface area is 70.1 Å². The maximum atomic E-state index is 8.57. The molecule has 0 aliphatic rings. The first-order chi connectivity index (χ1) is 5.90. The first-order valence-corrected chi connectivity index (χ1v) is 3.57. The van der Waals surface area contributed by atoms with E-state index in [1.54, 1.807) is 12.1 Å². The van der Waals surface area contributed by atoms with Gasteiger partial charge in [0.1, 0.15) is 11.8 Å². The SMILES string of the molecule is N#Cc1ccc2cc[c]cc2n1. The standard InChI is InChI=1S/C10H5N2/c11-7-9-6-5-8-3-1-2-4-10(8)12-9/h1,3-6H. The van der Waals surface area contributed by atoms with Crippen LogP contribution in [0.3, 0.4) is 0 Å². The van der Waals surface area contributed by atoms with Crippen LogP contribution in [-0.2, 0) is 0 Å². The number of aromatic nitrogens is 1. The molecular formula is C10H5N2. The quantitative estimate of drug-likeness (QED) is 0.579. The van der Waals surface area contributed by atoms with E-state index >= 15 is 0 Å². The molecule has 0 spiro atoms. The van der Waals surface area contributed by atoms with Crippen LogP contribution in [-0.4, -0.2) is 4.98 Å². The lowest BCUT2D eigenvalue weighted by atomic mass is 10.2. The molecular weight excluding hydrogens is 148 g/mol. The molecule has 0 aliphatic carbocycles. The Bertz CT molecular complexity index is 455. The average Bonchev–Trinajstić information content (AvgIpc) is 2.17. The Morgan fingerprint density at radius 3 is 3.08 bits per heavy atom. The molecule has 0 fully saturated rings. The molecule has 0 aliphatic heterocycles. The predicted molar refractivity (Wildman–Crippen MR) is 45.3 cm³/mol. The van der Waals surface area contributed by atoms with Gasteiger partial charge in [0.25, 0.3) is 0 Å². The van der Waals surface area contributed by atoms with Crippen molar-refractivity contribution in [2.75, 3.05) is 0 Å². The van der Waals surface area contributed by atoms with E-state index in [-0.39, 0.29) is 0 Å². The highest BCUT2D eigenvalue weighted by atomic mass is 14.7. The van der Waals surface area contributed by atoms with Crippen molar-refractivity contribution >= 4 is 10.9 Å². The molecule has 2 nitrogen and oxygen atoms in total. The van der Waals surface area contributed by atoms with E-state index in [9.17, 15) is 0 Å². The first-order valence-electron chi connectivity index (χ1n) is 3.57. The second-order valence-corrected chi connectivity index (χ2v) is 2.43. The lowest BCUT2D eigenvalue weighted by molar-refractivity contribution is 1.32. The van der Waals surface area contributed by atoms with Gasteiger partial charge in [-0.15, -0.1) is 0 Å². The average molecular weight is 153 g/mol. The fourth-order valence-electron chi connectivity index (χ4n) is 1.07. The van der Waals surface area contributed by atoms with Crippen LogP contribution < -0.4 is 0 Å². The molecule has 2 rings (SSSR count). The molecule has 0 N–H and O–H groups in total. The molecule has 12 heavy (non-hydrogen) atoms. The minimum atomic E-state index is 0.446. The van der Waals surface area contributed by atoms with Crippen LogP contribution in [0.15, 0.2) is 30.3 Å². The number of benzene rings is 1. The van der Waals surface area contributed by atoms with Gasteiger partial charge in [-0.2, -0.15) is 5.26 Å². The highest BCUT2D eigenvalue weighted by Crippen LogP contribution is 2.10. The normalized spacial score (nSPS) is 9.58. The van der Waals surface area contributed by atoms with Crippen LogP contribution in [0.25, 0.3) is 10.9 Å². The van der Waals surface area contributed by atoms with Gasteiger partial charge < -0.3 is 0 Å². The van der Waals surface area contributed by atoms with Gasteiger partial charge in [-0.1, -0.05) is 12.1 Å². The summed E-state index contributed by atoms with van der Waals surface area (Å²) in [5.41, 5.74) is 1.26. The van der Waals surface area contributed by atoms with Crippen molar-refractivity contribution in [1.82, 2.24) is 4.98 Å². The minimum Gasteiger partial charge on any atom is -0.237 e. The number of hydrogen-bond donors (Lipinski definition) is 0. The minimum absolute atomic E-state index is 0.446. The Morgan fingerprint density at radius 1 is 1.33 bits per heavy atom. The largest absolute Gasteiger partial charge is 0.237 e. The highest BCUT2D eigenvalue weighted by Gasteiger charge is 1.94. The zero-order chi connectivity index (χ0) is 8.39. The molecule has 1 aromatic heterocycles. The van der Waals surface area contributed by atoms with Crippen molar-refractivity contribution in [1.29, 1.82) is 5.26 Å². The Morgan fingerprint density at radius 2 is 2.25 bits per heavy atom. The maximum absolute atomic E-state index is 8.57. The van der Waals surface area contributed by atoms with Gasteiger partial charge in [-0.05, 0) is 24.3 Å². The topological polar surface area (TPSA) is 36.7 Å². The summed E-state index contributed by atoms with van der Waals surface area (Å²) in [5, 5.41) is 9.61. The molecule has 0 saturated heterocycles. The molecule has 0 bridgehead atoms. The molecule has 55 valence electrons. The zero-order valence-corrected chi connectivity index (χ0v) is 6.28. The van der Waals surface area contributed by atoms with Crippen LogP contribution in [0.1, 0.15) is 5.69 Å². The Balaban J connectivity index is 2.78. The zero-order valence-electron chi connectivity index (χ0n) is 6.28. The van der Waals surface area contributed by atoms with Crippen LogP contribution in [0.4, 0.5) is 0 Å². The fraction of sp³-hybridized carbons (Fsp3) is 0. The van der Waals surface area contributed by atoms with Gasteiger partial charge in [0.05, 0.1) is 5.52 Å². The van der Waals surface area contributed by atoms with E-state index < -0.39 is 0 Å². The lowest BCUT2D eigenvalue weighted by Gasteiger charge is -1.94. The molecule has 0 saturated carbocycles. The summed E-state index contributed by atoms with van der Waals surface area (Å²) in [6, 6.07) is 14.0. The second kappa shape index (κ2) is 2.63. The van der Waals surface area contributed by atoms with E-state index in [0.717, 1.165) is 10.9 Å². The van der Waals surface area contributed by atoms with Crippen molar-refractivity contribution in [3.05, 3.63) is 42.1 Å². The third kappa shape index (κ3) is 1.02. The smallest absolute Gasteiger partial charge is 0.141 e. The van der Waals surface area contributed by atoms with E-state index in [1.165, 1.54) is 0 Å². The number of fused-ring (bicyclic) bond motifs is 1. The highest BCUT2D eigenvalue weighted by molar-refractivity contribution is 5.78. The van der Waals surface area contributed by atoms with Crippen molar-refractivity contribution in [2.24, 2.45) is 0 Å². The number of rotatable bonds is 0. The number of nitriles is 1. The second-order valence-electron chi connectivity index (χ2n) is 2.43. The summed E-state index contributed by atoms with van der Waals surface area (Å²) < 4.78 is 0. The summed E-state index contributed by atoms with van der Waals surface area (Å²) in [7, 11) is 0. The summed E-state index contributed by atoms with van der Waals surface area (Å²) in [4.78, 5) is 4.10. The lowest BCUT2D eigenvalue weighted by Crippen LogP contribution is -1.82. The van der Waals surface area contributed by atoms with E-state index in [0.29, 0.717) is 5.69 Å². The van der Waals surface area contributed by atoms with Crippen LogP contribution >= 0.6 is 0 Å². The van der Waals surface area contributed by atoms with E-state index in [2.05, 4.69) is 11.1 Å². The van der Waals surface area contributed by atoms with Crippen LogP contribution in [0.2, 0.25) is 0 Å². The van der Waals surface area contributed by atoms with Gasteiger partial charge >= 0.3 is 0 Å². The van der Waals surface area contributed by atoms with Crippen molar-refractivity contribution in [3.8, 4) is 6.07 Å². The summed E-state index contributed by atoms with van der Waals surface area (Å²) >= 11 is 0. The predicted octanol–water partition coefficient (Wildman–Crippen LogP) is 1.91. The molecule has 1 aromatic carbocycles. The third-order valence-corrected chi connectivity index (χ3v) is 1.65. The van der Waals surface area contributed by atoms with Gasteiger partial charge in [0, 0.05) is 5.39 Å². The van der Waals surface area contributed by atoms with Crippen LogP contribution in [0, 0.1) is 17.4 Å². The maximum Gasteiger partial charge on any atom is 0.141 e. The molecule has 1 radical (unpaired) electrons. The Kier molecular flexibility index (Phi) is 1.49. The fourth-order valence-corrected chi connectivity index (χ4v) is 1.07. The van der Waals surface area contributed by atoms with Crippen molar-refractivity contribution < 1.29 is 0 Å². The van der Waals surface area contributed by atoms with Crippen molar-refractivity contribution in [2.45, 2.75) is 0 Å². The van der Waals surface area contributed by atoms with E-state index in [4.69, 9.17) is 5.26 Å². The summed E-state index contributed by atoms with van der Waals surface area (Å²) in [6.45, 7) is 0. The summed E-state index contributed by atoms with van der Waals surface area (Å²) in [5.74, 6) is 0. The monoisotopic (exact) mass is 153 g/mol. The molecule has 2 aromatic rings. The number of pyridine rings is 1. The molecule has 0 amide bonds. The number of nitrogens with zero attached hydrogens (tertiary/aromatic N) is 2. The van der Waals surface area contributed by atoms with Gasteiger partial charge in [-0.3, -0.25) is 0 Å².